The second-order valence-corrected chi connectivity index (χ2v) is 11.6. The molecule has 5 rings (SSSR count). The summed E-state index contributed by atoms with van der Waals surface area (Å²) in [4.78, 5) is 15.6. The first-order valence-corrected chi connectivity index (χ1v) is 13.9. The smallest absolute Gasteiger partial charge is 0.312 e. The summed E-state index contributed by atoms with van der Waals surface area (Å²) in [6.07, 6.45) is 1.82. The lowest BCUT2D eigenvalue weighted by atomic mass is 9.69. The van der Waals surface area contributed by atoms with E-state index in [4.69, 9.17) is 21.1 Å². The number of ether oxygens (including phenoxy) is 2. The van der Waals surface area contributed by atoms with E-state index in [1.165, 1.54) is 23.2 Å². The predicted molar refractivity (Wildman–Crippen MR) is 163 cm³/mol. The number of aryl methyl sites for hydroxylation is 1. The third-order valence-corrected chi connectivity index (χ3v) is 8.44. The molecule has 0 bridgehead atoms. The molecule has 1 unspecified atom stereocenters. The highest BCUT2D eigenvalue weighted by molar-refractivity contribution is 5.81. The number of hydrogen-bond acceptors (Lipinski definition) is 8. The molecule has 9 nitrogen and oxygen atoms in total. The fourth-order valence-corrected chi connectivity index (χ4v) is 6.01. The lowest BCUT2D eigenvalue weighted by Gasteiger charge is -2.35. The number of nitrogens with one attached hydrogen (secondary N) is 1. The Kier molecular flexibility index (Phi) is 7.68. The van der Waals surface area contributed by atoms with Gasteiger partial charge in [0.2, 0.25) is 0 Å². The van der Waals surface area contributed by atoms with Crippen molar-refractivity contribution in [3.05, 3.63) is 82.0 Å². The molecule has 2 heterocycles. The van der Waals surface area contributed by atoms with Crippen molar-refractivity contribution in [2.45, 2.75) is 46.7 Å². The Hall–Kier alpha value is -4.08. The van der Waals surface area contributed by atoms with Crippen LogP contribution in [0.2, 0.25) is 0 Å². The number of aromatic nitrogens is 2. The quantitative estimate of drug-likeness (QED) is 0.128. The Labute approximate surface area is 241 Å². The molecule has 41 heavy (non-hydrogen) atoms. The van der Waals surface area contributed by atoms with Gasteiger partial charge in [0.1, 0.15) is 12.4 Å². The summed E-state index contributed by atoms with van der Waals surface area (Å²) in [6.45, 7) is 10.9. The van der Waals surface area contributed by atoms with E-state index in [0.29, 0.717) is 12.3 Å². The zero-order valence-electron chi connectivity index (χ0n) is 24.7. The normalized spacial score (nSPS) is 14.7. The highest BCUT2D eigenvalue weighted by atomic mass is 16.5. The van der Waals surface area contributed by atoms with Crippen molar-refractivity contribution in [1.29, 1.82) is 0 Å². The molecule has 1 aliphatic heterocycles. The van der Waals surface area contributed by atoms with Crippen LogP contribution in [0.1, 0.15) is 53.1 Å². The number of nitrogens with two attached hydrogens (primary N) is 2. The molecular weight excluding hydrogens is 516 g/mol. The van der Waals surface area contributed by atoms with Crippen LogP contribution in [0.25, 0.3) is 10.9 Å². The summed E-state index contributed by atoms with van der Waals surface area (Å²) in [7, 11) is 3.20. The third kappa shape index (κ3) is 5.35. The number of esters is 1. The van der Waals surface area contributed by atoms with Gasteiger partial charge in [-0.1, -0.05) is 24.3 Å². The largest absolute Gasteiger partial charge is 0.492 e. The van der Waals surface area contributed by atoms with Gasteiger partial charge in [0, 0.05) is 43.5 Å². The van der Waals surface area contributed by atoms with Gasteiger partial charge in [0.05, 0.1) is 35.6 Å². The lowest BCUT2D eigenvalue weighted by Crippen LogP contribution is -2.34. The number of aromatic amines is 1. The molecule has 5 N–H and O–H groups in total. The number of hydrogen-bond donors (Lipinski definition) is 3. The van der Waals surface area contributed by atoms with Gasteiger partial charge in [-0.25, -0.2) is 5.84 Å². The summed E-state index contributed by atoms with van der Waals surface area (Å²) in [5, 5.41) is 9.78. The molecule has 0 aliphatic carbocycles. The number of H-pyrrole nitrogens is 1. The van der Waals surface area contributed by atoms with Crippen molar-refractivity contribution in [3.8, 4) is 5.75 Å². The van der Waals surface area contributed by atoms with Gasteiger partial charge >= 0.3 is 5.97 Å². The van der Waals surface area contributed by atoms with E-state index in [0.717, 1.165) is 64.2 Å². The molecular formula is C32H40N6O3. The van der Waals surface area contributed by atoms with Crippen LogP contribution in [-0.2, 0) is 22.6 Å². The van der Waals surface area contributed by atoms with Crippen molar-refractivity contribution in [3.63, 3.8) is 0 Å². The number of fused-ring (bicyclic) bond motifs is 2. The number of hydrazine groups is 1. The van der Waals surface area contributed by atoms with Crippen molar-refractivity contribution >= 4 is 28.2 Å². The maximum absolute atomic E-state index is 13.2. The number of methoxy groups -OCH3 is 1. The molecule has 1 atom stereocenters. The van der Waals surface area contributed by atoms with E-state index >= 15 is 0 Å². The average Bonchev–Trinajstić information content (AvgIpc) is 3.30. The first-order chi connectivity index (χ1) is 19.5. The SMILES string of the molecule is COC(=O)C(C)(C)C(c1ccc(C)c(CN2CCOc3cc4cn[nH]c4cc3C2)c1)c1ccc(N(C)N)c(N)c1C. The molecule has 3 aromatic carbocycles. The number of carbonyl (C=O) groups is 1. The Morgan fingerprint density at radius 3 is 2.73 bits per heavy atom. The zero-order chi connectivity index (χ0) is 29.5. The first-order valence-electron chi connectivity index (χ1n) is 13.9. The molecule has 0 fully saturated rings. The minimum absolute atomic E-state index is 0.283. The summed E-state index contributed by atoms with van der Waals surface area (Å²) in [6, 6.07) is 14.6. The Morgan fingerprint density at radius 2 is 2.00 bits per heavy atom. The van der Waals surface area contributed by atoms with Gasteiger partial charge in [-0.05, 0) is 73.7 Å². The van der Waals surface area contributed by atoms with E-state index in [9.17, 15) is 4.79 Å². The van der Waals surface area contributed by atoms with Crippen LogP contribution in [0.15, 0.2) is 48.7 Å². The van der Waals surface area contributed by atoms with E-state index in [2.05, 4.69) is 52.4 Å². The number of anilines is 2. The highest BCUT2D eigenvalue weighted by Gasteiger charge is 2.41. The molecule has 0 radical (unpaired) electrons. The maximum atomic E-state index is 13.2. The predicted octanol–water partition coefficient (Wildman–Crippen LogP) is 4.80. The molecule has 0 amide bonds. The molecule has 4 aromatic rings. The van der Waals surface area contributed by atoms with Crippen LogP contribution >= 0.6 is 0 Å². The molecule has 216 valence electrons. The topological polar surface area (TPSA) is 123 Å². The van der Waals surface area contributed by atoms with Gasteiger partial charge in [0.25, 0.3) is 0 Å². The fourth-order valence-electron chi connectivity index (χ4n) is 6.01. The lowest BCUT2D eigenvalue weighted by molar-refractivity contribution is -0.151. The standard InChI is InChI=1S/C32H40N6O3/c1-19-7-8-21(29(32(3,4)31(39)40-6)25-9-10-27(37(5)34)30(33)20(25)2)13-23(19)17-38-11-12-41-28-15-22-16-35-36-26(22)14-24(28)18-38/h7-10,13-16,29H,11-12,17-18,33-34H2,1-6H3,(H,35,36). The van der Waals surface area contributed by atoms with Gasteiger partial charge in [-0.15, -0.1) is 0 Å². The molecule has 1 aromatic heterocycles. The van der Waals surface area contributed by atoms with Crippen LogP contribution in [-0.4, -0.2) is 48.4 Å². The van der Waals surface area contributed by atoms with Gasteiger partial charge in [0.15, 0.2) is 0 Å². The minimum Gasteiger partial charge on any atom is -0.492 e. The zero-order valence-corrected chi connectivity index (χ0v) is 24.7. The van der Waals surface area contributed by atoms with Gasteiger partial charge < -0.3 is 20.2 Å². The minimum atomic E-state index is -0.862. The fraction of sp³-hybridized carbons (Fsp3) is 0.375. The molecule has 1 aliphatic rings. The first kappa shape index (κ1) is 28.4. The number of nitrogen functional groups attached to an aromatic ring is 1. The molecule has 0 spiro atoms. The number of nitrogens with zero attached hydrogens (tertiary/aromatic N) is 3. The van der Waals surface area contributed by atoms with E-state index < -0.39 is 5.41 Å². The number of benzene rings is 3. The van der Waals surface area contributed by atoms with Crippen molar-refractivity contribution in [2.24, 2.45) is 11.3 Å². The summed E-state index contributed by atoms with van der Waals surface area (Å²) >= 11 is 0. The van der Waals surface area contributed by atoms with Crippen LogP contribution in [0, 0.1) is 19.3 Å². The third-order valence-electron chi connectivity index (χ3n) is 8.44. The second kappa shape index (κ2) is 11.1. The molecule has 0 saturated carbocycles. The Balaban J connectivity index is 1.53. The molecule has 9 heteroatoms. The highest BCUT2D eigenvalue weighted by Crippen LogP contribution is 2.45. The number of carbonyl (C=O) groups excluding carboxylic acids is 1. The Bertz CT molecular complexity index is 1590. The van der Waals surface area contributed by atoms with Crippen molar-refractivity contribution in [1.82, 2.24) is 15.1 Å². The molecule has 0 saturated heterocycles. The van der Waals surface area contributed by atoms with Gasteiger partial charge in [-0.3, -0.25) is 14.8 Å². The average molecular weight is 557 g/mol. The maximum Gasteiger partial charge on any atom is 0.312 e. The van der Waals surface area contributed by atoms with Crippen LogP contribution < -0.4 is 21.3 Å². The van der Waals surface area contributed by atoms with Gasteiger partial charge in [-0.2, -0.15) is 5.10 Å². The second-order valence-electron chi connectivity index (χ2n) is 11.6. The monoisotopic (exact) mass is 556 g/mol. The van der Waals surface area contributed by atoms with E-state index in [-0.39, 0.29) is 11.9 Å². The van der Waals surface area contributed by atoms with Crippen molar-refractivity contribution in [2.75, 3.05) is 38.1 Å². The van der Waals surface area contributed by atoms with Crippen LogP contribution in [0.5, 0.6) is 5.75 Å². The van der Waals surface area contributed by atoms with E-state index in [1.807, 2.05) is 39.1 Å². The van der Waals surface area contributed by atoms with Crippen LogP contribution in [0.4, 0.5) is 11.4 Å². The number of rotatable bonds is 7. The summed E-state index contributed by atoms with van der Waals surface area (Å²) in [5.74, 6) is 6.35. The van der Waals surface area contributed by atoms with Crippen molar-refractivity contribution < 1.29 is 14.3 Å². The summed E-state index contributed by atoms with van der Waals surface area (Å²) in [5.41, 5.74) is 14.4. The van der Waals surface area contributed by atoms with E-state index in [1.54, 1.807) is 7.05 Å². The van der Waals surface area contributed by atoms with Crippen LogP contribution in [0.3, 0.4) is 0 Å². The Morgan fingerprint density at radius 1 is 1.22 bits per heavy atom. The summed E-state index contributed by atoms with van der Waals surface area (Å²) < 4.78 is 11.4.